The Balaban J connectivity index is 2.18. The number of rotatable bonds is 4. The molecule has 2 rings (SSSR count). The lowest BCUT2D eigenvalue weighted by Crippen LogP contribution is -2.58. The average molecular weight is 229 g/mol. The van der Waals surface area contributed by atoms with Crippen molar-refractivity contribution >= 4 is 11.8 Å². The third-order valence-corrected chi connectivity index (χ3v) is 2.98. The number of amides is 2. The molecule has 6 nitrogen and oxygen atoms in total. The number of nitrogens with zero attached hydrogens (tertiary/aromatic N) is 1. The standard InChI is InChI=1S/C10H15NO5/c1-15-5-6(4-12)11-9(13)7-2-3-8(16-7)10(11)14/h6-8,12H,2-5H2,1H3. The van der Waals surface area contributed by atoms with Crippen LogP contribution >= 0.6 is 0 Å². The fourth-order valence-electron chi connectivity index (χ4n) is 2.18. The first-order valence-electron chi connectivity index (χ1n) is 5.31. The van der Waals surface area contributed by atoms with Crippen molar-refractivity contribution in [3.05, 3.63) is 0 Å². The molecule has 2 bridgehead atoms. The zero-order chi connectivity index (χ0) is 11.7. The molecule has 3 atom stereocenters. The van der Waals surface area contributed by atoms with E-state index < -0.39 is 18.2 Å². The van der Waals surface area contributed by atoms with Crippen LogP contribution in [0.2, 0.25) is 0 Å². The molecule has 16 heavy (non-hydrogen) atoms. The van der Waals surface area contributed by atoms with Gasteiger partial charge in [-0.25, -0.2) is 0 Å². The molecular weight excluding hydrogens is 214 g/mol. The van der Waals surface area contributed by atoms with Gasteiger partial charge in [-0.05, 0) is 12.8 Å². The number of carbonyl (C=O) groups excluding carboxylic acids is 2. The number of hydrogen-bond donors (Lipinski definition) is 1. The lowest BCUT2D eigenvalue weighted by atomic mass is 10.2. The second kappa shape index (κ2) is 4.48. The van der Waals surface area contributed by atoms with Crippen LogP contribution < -0.4 is 0 Å². The summed E-state index contributed by atoms with van der Waals surface area (Å²) in [7, 11) is 1.46. The Bertz CT molecular complexity index is 284. The van der Waals surface area contributed by atoms with E-state index in [0.717, 1.165) is 4.90 Å². The first-order valence-corrected chi connectivity index (χ1v) is 5.31. The number of fused-ring (bicyclic) bond motifs is 2. The molecule has 0 aromatic rings. The van der Waals surface area contributed by atoms with Crippen molar-refractivity contribution in [2.45, 2.75) is 31.1 Å². The number of hydrogen-bond acceptors (Lipinski definition) is 5. The highest BCUT2D eigenvalue weighted by molar-refractivity contribution is 6.02. The van der Waals surface area contributed by atoms with Crippen molar-refractivity contribution in [2.75, 3.05) is 20.3 Å². The molecule has 1 N–H and O–H groups in total. The van der Waals surface area contributed by atoms with Crippen LogP contribution in [-0.4, -0.2) is 60.4 Å². The summed E-state index contributed by atoms with van der Waals surface area (Å²) >= 11 is 0. The third-order valence-electron chi connectivity index (χ3n) is 2.98. The number of carbonyl (C=O) groups is 2. The van der Waals surface area contributed by atoms with Gasteiger partial charge in [0.05, 0.1) is 19.3 Å². The van der Waals surface area contributed by atoms with Crippen LogP contribution in [0.1, 0.15) is 12.8 Å². The molecule has 0 saturated carbocycles. The van der Waals surface area contributed by atoms with Gasteiger partial charge in [-0.1, -0.05) is 0 Å². The number of aliphatic hydroxyl groups is 1. The van der Waals surface area contributed by atoms with Crippen LogP contribution in [0, 0.1) is 0 Å². The highest BCUT2D eigenvalue weighted by atomic mass is 16.5. The minimum absolute atomic E-state index is 0.146. The van der Waals surface area contributed by atoms with Crippen molar-refractivity contribution in [3.8, 4) is 0 Å². The van der Waals surface area contributed by atoms with Crippen LogP contribution in [0.25, 0.3) is 0 Å². The molecule has 0 aromatic heterocycles. The van der Waals surface area contributed by atoms with E-state index >= 15 is 0 Å². The molecule has 0 radical (unpaired) electrons. The smallest absolute Gasteiger partial charge is 0.258 e. The van der Waals surface area contributed by atoms with Gasteiger partial charge in [0.2, 0.25) is 0 Å². The van der Waals surface area contributed by atoms with E-state index in [-0.39, 0.29) is 25.0 Å². The molecule has 2 aliphatic heterocycles. The van der Waals surface area contributed by atoms with Gasteiger partial charge in [-0.15, -0.1) is 0 Å². The van der Waals surface area contributed by atoms with Gasteiger partial charge in [0.25, 0.3) is 11.8 Å². The minimum atomic E-state index is -0.600. The van der Waals surface area contributed by atoms with E-state index in [0.29, 0.717) is 12.8 Å². The normalized spacial score (nSPS) is 31.0. The van der Waals surface area contributed by atoms with Gasteiger partial charge < -0.3 is 14.6 Å². The van der Waals surface area contributed by atoms with E-state index in [9.17, 15) is 14.7 Å². The Kier molecular flexibility index (Phi) is 3.22. The summed E-state index contributed by atoms with van der Waals surface area (Å²) in [4.78, 5) is 24.9. The van der Waals surface area contributed by atoms with Crippen LogP contribution in [0.15, 0.2) is 0 Å². The number of aliphatic hydroxyl groups excluding tert-OH is 1. The van der Waals surface area contributed by atoms with Crippen molar-refractivity contribution < 1.29 is 24.2 Å². The van der Waals surface area contributed by atoms with E-state index in [1.54, 1.807) is 0 Å². The number of ether oxygens (including phenoxy) is 2. The highest BCUT2D eigenvalue weighted by Gasteiger charge is 2.48. The van der Waals surface area contributed by atoms with Crippen LogP contribution in [0.4, 0.5) is 0 Å². The van der Waals surface area contributed by atoms with Crippen LogP contribution in [0.5, 0.6) is 0 Å². The molecule has 90 valence electrons. The van der Waals surface area contributed by atoms with Gasteiger partial charge in [-0.2, -0.15) is 0 Å². The number of methoxy groups -OCH3 is 1. The summed E-state index contributed by atoms with van der Waals surface area (Å²) in [5.74, 6) is -0.704. The first kappa shape index (κ1) is 11.5. The van der Waals surface area contributed by atoms with E-state index in [2.05, 4.69) is 0 Å². The predicted molar refractivity (Wildman–Crippen MR) is 52.5 cm³/mol. The topological polar surface area (TPSA) is 76.1 Å². The molecular formula is C10H15NO5. The fraction of sp³-hybridized carbons (Fsp3) is 0.800. The molecule has 2 amide bonds. The van der Waals surface area contributed by atoms with Crippen molar-refractivity contribution in [1.29, 1.82) is 0 Å². The Hall–Kier alpha value is -0.980. The summed E-state index contributed by atoms with van der Waals surface area (Å²) in [6.07, 6.45) is 0.121. The number of likely N-dealkylation sites (tertiary alicyclic amines) is 1. The quantitative estimate of drug-likeness (QED) is 0.620. The molecule has 2 fully saturated rings. The maximum absolute atomic E-state index is 11.9. The second-order valence-electron chi connectivity index (χ2n) is 4.03. The Morgan fingerprint density at radius 2 is 2.00 bits per heavy atom. The summed E-state index contributed by atoms with van der Waals surface area (Å²) in [6, 6.07) is -0.600. The lowest BCUT2D eigenvalue weighted by Gasteiger charge is -2.34. The van der Waals surface area contributed by atoms with Gasteiger partial charge in [0, 0.05) is 7.11 Å². The van der Waals surface area contributed by atoms with E-state index in [1.807, 2.05) is 0 Å². The van der Waals surface area contributed by atoms with Crippen molar-refractivity contribution in [3.63, 3.8) is 0 Å². The van der Waals surface area contributed by atoms with E-state index in [4.69, 9.17) is 9.47 Å². The largest absolute Gasteiger partial charge is 0.394 e. The fourth-order valence-corrected chi connectivity index (χ4v) is 2.18. The first-order chi connectivity index (χ1) is 7.69. The molecule has 3 unspecified atom stereocenters. The molecule has 0 spiro atoms. The molecule has 0 aromatic carbocycles. The maximum Gasteiger partial charge on any atom is 0.258 e. The second-order valence-corrected chi connectivity index (χ2v) is 4.03. The van der Waals surface area contributed by atoms with E-state index in [1.165, 1.54) is 7.11 Å². The molecule has 6 heteroatoms. The molecule has 2 aliphatic rings. The van der Waals surface area contributed by atoms with Gasteiger partial charge in [-0.3, -0.25) is 14.5 Å². The highest BCUT2D eigenvalue weighted by Crippen LogP contribution is 2.29. The number of morpholine rings is 1. The van der Waals surface area contributed by atoms with Gasteiger partial charge in [0.15, 0.2) is 0 Å². The zero-order valence-electron chi connectivity index (χ0n) is 9.09. The third kappa shape index (κ3) is 1.73. The number of imide groups is 1. The minimum Gasteiger partial charge on any atom is -0.394 e. The molecule has 0 aliphatic carbocycles. The van der Waals surface area contributed by atoms with Gasteiger partial charge >= 0.3 is 0 Å². The Labute approximate surface area is 93.1 Å². The van der Waals surface area contributed by atoms with Crippen LogP contribution in [-0.2, 0) is 19.1 Å². The Morgan fingerprint density at radius 1 is 1.44 bits per heavy atom. The SMILES string of the molecule is COCC(CO)N1C(=O)C2CCC(O2)C1=O. The zero-order valence-corrected chi connectivity index (χ0v) is 9.09. The summed E-state index contributed by atoms with van der Waals surface area (Å²) in [6.45, 7) is -0.141. The predicted octanol–water partition coefficient (Wildman–Crippen LogP) is -1.09. The summed E-state index contributed by atoms with van der Waals surface area (Å²) in [5.41, 5.74) is 0. The molecule has 2 saturated heterocycles. The van der Waals surface area contributed by atoms with Crippen LogP contribution in [0.3, 0.4) is 0 Å². The van der Waals surface area contributed by atoms with Crippen molar-refractivity contribution in [2.24, 2.45) is 0 Å². The van der Waals surface area contributed by atoms with Gasteiger partial charge in [0.1, 0.15) is 12.2 Å². The lowest BCUT2D eigenvalue weighted by molar-refractivity contribution is -0.174. The molecule has 2 heterocycles. The average Bonchev–Trinajstić information content (AvgIpc) is 2.72. The Morgan fingerprint density at radius 3 is 2.44 bits per heavy atom. The maximum atomic E-state index is 11.9. The van der Waals surface area contributed by atoms with Crippen molar-refractivity contribution in [1.82, 2.24) is 4.90 Å². The summed E-state index contributed by atoms with van der Waals surface area (Å²) < 4.78 is 10.2. The monoisotopic (exact) mass is 229 g/mol. The summed E-state index contributed by atoms with van der Waals surface area (Å²) in [5, 5.41) is 9.17.